The van der Waals surface area contributed by atoms with Crippen LogP contribution in [-0.4, -0.2) is 44.1 Å². The average Bonchev–Trinajstić information content (AvgIpc) is 2.95. The van der Waals surface area contributed by atoms with Gasteiger partial charge in [0.2, 0.25) is 0 Å². The Kier molecular flexibility index (Phi) is 8.25. The summed E-state index contributed by atoms with van der Waals surface area (Å²) in [5.41, 5.74) is 0. The third kappa shape index (κ3) is 6.59. The van der Waals surface area contributed by atoms with Crippen LogP contribution in [0.1, 0.15) is 25.1 Å². The van der Waals surface area contributed by atoms with Crippen LogP contribution in [0.25, 0.3) is 0 Å². The first kappa shape index (κ1) is 16.0. The number of rotatable bonds is 8. The standard InChI is InChI=1S/C14H26N4S/c1-4-18(5-2)10-7-9-16-14(15-3)17-12-13-8-6-11-19-13/h6,8,11H,4-5,7,9-10,12H2,1-3H3,(H2,15,16,17). The maximum absolute atomic E-state index is 4.23. The van der Waals surface area contributed by atoms with Crippen LogP contribution in [-0.2, 0) is 6.54 Å². The lowest BCUT2D eigenvalue weighted by molar-refractivity contribution is 0.300. The molecule has 0 aliphatic heterocycles. The smallest absolute Gasteiger partial charge is 0.191 e. The summed E-state index contributed by atoms with van der Waals surface area (Å²) in [6.07, 6.45) is 1.14. The Hall–Kier alpha value is -1.07. The summed E-state index contributed by atoms with van der Waals surface area (Å²) < 4.78 is 0. The molecule has 0 radical (unpaired) electrons. The molecule has 5 heteroatoms. The van der Waals surface area contributed by atoms with Crippen molar-refractivity contribution in [1.82, 2.24) is 15.5 Å². The number of nitrogens with one attached hydrogen (secondary N) is 2. The molecule has 0 bridgehead atoms. The van der Waals surface area contributed by atoms with Gasteiger partial charge in [-0.3, -0.25) is 4.99 Å². The van der Waals surface area contributed by atoms with E-state index in [9.17, 15) is 0 Å². The molecule has 1 aromatic rings. The van der Waals surface area contributed by atoms with E-state index in [2.05, 4.69) is 51.9 Å². The number of aliphatic imine (C=N–C) groups is 1. The number of nitrogens with zero attached hydrogens (tertiary/aromatic N) is 2. The Balaban J connectivity index is 2.15. The minimum atomic E-state index is 0.841. The second-order valence-corrected chi connectivity index (χ2v) is 5.34. The van der Waals surface area contributed by atoms with Crippen molar-refractivity contribution in [2.75, 3.05) is 33.2 Å². The van der Waals surface area contributed by atoms with Crippen molar-refractivity contribution in [3.8, 4) is 0 Å². The molecule has 1 heterocycles. The van der Waals surface area contributed by atoms with E-state index >= 15 is 0 Å². The zero-order valence-electron chi connectivity index (χ0n) is 12.3. The maximum Gasteiger partial charge on any atom is 0.191 e. The molecule has 0 saturated heterocycles. The predicted molar refractivity (Wildman–Crippen MR) is 84.9 cm³/mol. The summed E-state index contributed by atoms with van der Waals surface area (Å²) in [7, 11) is 1.81. The molecule has 0 aliphatic carbocycles. The fourth-order valence-electron chi connectivity index (χ4n) is 1.85. The van der Waals surface area contributed by atoms with E-state index < -0.39 is 0 Å². The number of thiophene rings is 1. The molecule has 0 atom stereocenters. The van der Waals surface area contributed by atoms with E-state index in [0.717, 1.165) is 45.1 Å². The van der Waals surface area contributed by atoms with Gasteiger partial charge in [0.15, 0.2) is 5.96 Å². The summed E-state index contributed by atoms with van der Waals surface area (Å²) in [6.45, 7) is 9.61. The Morgan fingerprint density at radius 3 is 2.68 bits per heavy atom. The molecular weight excluding hydrogens is 256 g/mol. The molecule has 0 fully saturated rings. The van der Waals surface area contributed by atoms with Gasteiger partial charge in [0.05, 0.1) is 6.54 Å². The topological polar surface area (TPSA) is 39.7 Å². The number of hydrogen-bond acceptors (Lipinski definition) is 3. The fraction of sp³-hybridized carbons (Fsp3) is 0.643. The molecule has 0 aliphatic rings. The second kappa shape index (κ2) is 9.81. The van der Waals surface area contributed by atoms with E-state index in [1.54, 1.807) is 11.3 Å². The molecule has 0 saturated carbocycles. The van der Waals surface area contributed by atoms with E-state index in [-0.39, 0.29) is 0 Å². The Morgan fingerprint density at radius 1 is 1.32 bits per heavy atom. The molecular formula is C14H26N4S. The van der Waals surface area contributed by atoms with Crippen molar-refractivity contribution in [3.63, 3.8) is 0 Å². The summed E-state index contributed by atoms with van der Waals surface area (Å²) >= 11 is 1.76. The maximum atomic E-state index is 4.23. The number of guanidine groups is 1. The highest BCUT2D eigenvalue weighted by molar-refractivity contribution is 7.09. The van der Waals surface area contributed by atoms with Crippen LogP contribution in [0, 0.1) is 0 Å². The van der Waals surface area contributed by atoms with E-state index in [0.29, 0.717) is 0 Å². The van der Waals surface area contributed by atoms with Gasteiger partial charge < -0.3 is 15.5 Å². The molecule has 2 N–H and O–H groups in total. The Bertz CT molecular complexity index is 344. The quantitative estimate of drug-likeness (QED) is 0.436. The first-order valence-electron chi connectivity index (χ1n) is 6.99. The van der Waals surface area contributed by atoms with Gasteiger partial charge in [-0.1, -0.05) is 19.9 Å². The SMILES string of the molecule is CCN(CC)CCCNC(=NC)NCc1cccs1. The van der Waals surface area contributed by atoms with Crippen molar-refractivity contribution in [1.29, 1.82) is 0 Å². The second-order valence-electron chi connectivity index (χ2n) is 4.31. The third-order valence-corrected chi connectivity index (χ3v) is 3.95. The molecule has 1 rings (SSSR count). The third-order valence-electron chi connectivity index (χ3n) is 3.07. The molecule has 0 aromatic carbocycles. The highest BCUT2D eigenvalue weighted by Gasteiger charge is 2.00. The monoisotopic (exact) mass is 282 g/mol. The number of hydrogen-bond donors (Lipinski definition) is 2. The van der Waals surface area contributed by atoms with Gasteiger partial charge in [-0.15, -0.1) is 11.3 Å². The zero-order chi connectivity index (χ0) is 13.9. The molecule has 1 aromatic heterocycles. The van der Waals surface area contributed by atoms with Crippen LogP contribution in [0.5, 0.6) is 0 Å². The molecule has 19 heavy (non-hydrogen) atoms. The lowest BCUT2D eigenvalue weighted by atomic mass is 10.3. The lowest BCUT2D eigenvalue weighted by Crippen LogP contribution is -2.38. The summed E-state index contributed by atoms with van der Waals surface area (Å²) in [5.74, 6) is 0.882. The van der Waals surface area contributed by atoms with Crippen LogP contribution >= 0.6 is 11.3 Å². The van der Waals surface area contributed by atoms with Crippen LogP contribution in [0.4, 0.5) is 0 Å². The summed E-state index contributed by atoms with van der Waals surface area (Å²) in [6, 6.07) is 4.20. The predicted octanol–water partition coefficient (Wildman–Crippen LogP) is 2.15. The molecule has 0 amide bonds. The Labute approximate surface area is 120 Å². The van der Waals surface area contributed by atoms with Gasteiger partial charge in [0.1, 0.15) is 0 Å². The van der Waals surface area contributed by atoms with E-state index in [1.807, 2.05) is 7.05 Å². The normalized spacial score (nSPS) is 11.9. The van der Waals surface area contributed by atoms with Crippen LogP contribution in [0.2, 0.25) is 0 Å². The van der Waals surface area contributed by atoms with Crippen LogP contribution < -0.4 is 10.6 Å². The van der Waals surface area contributed by atoms with Gasteiger partial charge in [0, 0.05) is 18.5 Å². The molecule has 108 valence electrons. The molecule has 4 nitrogen and oxygen atoms in total. The highest BCUT2D eigenvalue weighted by Crippen LogP contribution is 2.06. The summed E-state index contributed by atoms with van der Waals surface area (Å²) in [4.78, 5) is 7.99. The fourth-order valence-corrected chi connectivity index (χ4v) is 2.50. The minimum Gasteiger partial charge on any atom is -0.356 e. The van der Waals surface area contributed by atoms with Crippen molar-refractivity contribution in [2.45, 2.75) is 26.8 Å². The largest absolute Gasteiger partial charge is 0.356 e. The van der Waals surface area contributed by atoms with Crippen molar-refractivity contribution in [3.05, 3.63) is 22.4 Å². The van der Waals surface area contributed by atoms with Gasteiger partial charge in [0.25, 0.3) is 0 Å². The first-order chi connectivity index (χ1) is 9.30. The van der Waals surface area contributed by atoms with E-state index in [4.69, 9.17) is 0 Å². The van der Waals surface area contributed by atoms with Gasteiger partial charge >= 0.3 is 0 Å². The lowest BCUT2D eigenvalue weighted by Gasteiger charge is -2.18. The van der Waals surface area contributed by atoms with Crippen molar-refractivity contribution in [2.24, 2.45) is 4.99 Å². The van der Waals surface area contributed by atoms with Crippen LogP contribution in [0.15, 0.2) is 22.5 Å². The first-order valence-corrected chi connectivity index (χ1v) is 7.87. The van der Waals surface area contributed by atoms with Crippen LogP contribution in [0.3, 0.4) is 0 Å². The van der Waals surface area contributed by atoms with Gasteiger partial charge in [-0.25, -0.2) is 0 Å². The molecule has 0 unspecified atom stereocenters. The highest BCUT2D eigenvalue weighted by atomic mass is 32.1. The Morgan fingerprint density at radius 2 is 2.11 bits per heavy atom. The van der Waals surface area contributed by atoms with Crippen molar-refractivity contribution >= 4 is 17.3 Å². The summed E-state index contributed by atoms with van der Waals surface area (Å²) in [5, 5.41) is 8.77. The van der Waals surface area contributed by atoms with Gasteiger partial charge in [-0.05, 0) is 37.5 Å². The van der Waals surface area contributed by atoms with Crippen molar-refractivity contribution < 1.29 is 0 Å². The average molecular weight is 282 g/mol. The zero-order valence-corrected chi connectivity index (χ0v) is 13.1. The molecule has 0 spiro atoms. The van der Waals surface area contributed by atoms with E-state index in [1.165, 1.54) is 4.88 Å². The minimum absolute atomic E-state index is 0.841. The van der Waals surface area contributed by atoms with Gasteiger partial charge in [-0.2, -0.15) is 0 Å².